The Morgan fingerprint density at radius 2 is 1.97 bits per heavy atom. The fraction of sp³-hybridized carbons (Fsp3) is 0.360. The zero-order chi connectivity index (χ0) is 22.5. The van der Waals surface area contributed by atoms with E-state index in [0.717, 1.165) is 16.9 Å². The molecule has 2 aromatic rings. The van der Waals surface area contributed by atoms with Gasteiger partial charge in [0.25, 0.3) is 0 Å². The van der Waals surface area contributed by atoms with Crippen molar-refractivity contribution in [3.05, 3.63) is 76.8 Å². The predicted octanol–water partition coefficient (Wildman–Crippen LogP) is 3.51. The third-order valence-corrected chi connectivity index (χ3v) is 7.13. The molecule has 32 heavy (non-hydrogen) atoms. The molecule has 0 aromatic heterocycles. The van der Waals surface area contributed by atoms with Gasteiger partial charge < -0.3 is 19.7 Å². The molecule has 4 unspecified atom stereocenters. The average Bonchev–Trinajstić information content (AvgIpc) is 3.46. The fourth-order valence-corrected chi connectivity index (χ4v) is 5.25. The first-order valence-electron chi connectivity index (χ1n) is 10.8. The number of fused-ring (bicyclic) bond motifs is 1. The van der Waals surface area contributed by atoms with Gasteiger partial charge in [0.15, 0.2) is 0 Å². The molecule has 3 heterocycles. The van der Waals surface area contributed by atoms with Gasteiger partial charge in [-0.2, -0.15) is 0 Å². The van der Waals surface area contributed by atoms with E-state index < -0.39 is 17.4 Å². The summed E-state index contributed by atoms with van der Waals surface area (Å²) in [6.45, 7) is 2.82. The molecule has 1 spiro atoms. The Kier molecular flexibility index (Phi) is 5.22. The van der Waals surface area contributed by atoms with Crippen molar-refractivity contribution in [2.75, 3.05) is 13.7 Å². The number of nitrogens with one attached hydrogen (secondary N) is 1. The first kappa shape index (κ1) is 21.0. The van der Waals surface area contributed by atoms with Crippen LogP contribution in [0.3, 0.4) is 0 Å². The van der Waals surface area contributed by atoms with Crippen LogP contribution in [0.4, 0.5) is 0 Å². The molecule has 2 saturated heterocycles. The molecule has 7 heteroatoms. The Balaban J connectivity index is 1.33. The largest absolute Gasteiger partial charge is 0.497 e. The number of amides is 2. The number of benzene rings is 2. The Bertz CT molecular complexity index is 1070. The lowest BCUT2D eigenvalue weighted by Crippen LogP contribution is -2.44. The topological polar surface area (TPSA) is 67.9 Å². The van der Waals surface area contributed by atoms with Crippen molar-refractivity contribution in [3.8, 4) is 5.75 Å². The number of nitrogens with zero attached hydrogens (tertiary/aromatic N) is 1. The lowest BCUT2D eigenvalue weighted by molar-refractivity contribution is -0.138. The number of hydrogen-bond acceptors (Lipinski definition) is 4. The summed E-state index contributed by atoms with van der Waals surface area (Å²) in [7, 11) is 1.63. The first-order valence-corrected chi connectivity index (χ1v) is 11.1. The molecule has 0 saturated carbocycles. The zero-order valence-corrected chi connectivity index (χ0v) is 18.7. The molecule has 5 atom stereocenters. The van der Waals surface area contributed by atoms with Crippen molar-refractivity contribution < 1.29 is 19.1 Å². The van der Waals surface area contributed by atoms with Crippen molar-refractivity contribution in [1.82, 2.24) is 10.2 Å². The van der Waals surface area contributed by atoms with Crippen molar-refractivity contribution in [2.24, 2.45) is 11.8 Å². The van der Waals surface area contributed by atoms with Crippen LogP contribution < -0.4 is 10.1 Å². The number of rotatable bonds is 6. The molecule has 6 nitrogen and oxygen atoms in total. The Labute approximate surface area is 192 Å². The van der Waals surface area contributed by atoms with Crippen molar-refractivity contribution in [2.45, 2.75) is 31.2 Å². The molecule has 0 radical (unpaired) electrons. The maximum Gasteiger partial charge on any atom is 0.230 e. The van der Waals surface area contributed by atoms with Gasteiger partial charge in [0.1, 0.15) is 11.4 Å². The second-order valence-corrected chi connectivity index (χ2v) is 9.10. The lowest BCUT2D eigenvalue weighted by atomic mass is 9.77. The smallest absolute Gasteiger partial charge is 0.230 e. The molecular weight excluding hydrogens is 428 g/mol. The number of likely N-dealkylation sites (tertiary alicyclic amines) is 1. The molecular formula is C25H25ClN2O4. The molecule has 5 rings (SSSR count). The number of carbonyl (C=O) groups is 2. The second kappa shape index (κ2) is 7.94. The van der Waals surface area contributed by atoms with Gasteiger partial charge in [0.2, 0.25) is 11.8 Å². The molecule has 2 amide bonds. The molecule has 1 N–H and O–H groups in total. The van der Waals surface area contributed by atoms with Crippen LogP contribution in [0.2, 0.25) is 5.02 Å². The van der Waals surface area contributed by atoms with Gasteiger partial charge in [-0.25, -0.2) is 0 Å². The van der Waals surface area contributed by atoms with E-state index >= 15 is 0 Å². The van der Waals surface area contributed by atoms with Crippen LogP contribution in [0, 0.1) is 11.8 Å². The summed E-state index contributed by atoms with van der Waals surface area (Å²) in [5.41, 5.74) is 1.23. The van der Waals surface area contributed by atoms with Gasteiger partial charge in [-0.3, -0.25) is 9.59 Å². The molecule has 3 aliphatic rings. The summed E-state index contributed by atoms with van der Waals surface area (Å²) in [5.74, 6) is -0.469. The van der Waals surface area contributed by atoms with Gasteiger partial charge in [0.05, 0.1) is 37.6 Å². The average molecular weight is 453 g/mol. The maximum absolute atomic E-state index is 13.5. The third kappa shape index (κ3) is 3.38. The van der Waals surface area contributed by atoms with Gasteiger partial charge in [0, 0.05) is 11.6 Å². The second-order valence-electron chi connectivity index (χ2n) is 8.66. The summed E-state index contributed by atoms with van der Waals surface area (Å²) < 4.78 is 11.5. The summed E-state index contributed by atoms with van der Waals surface area (Å²) in [4.78, 5) is 28.5. The van der Waals surface area contributed by atoms with E-state index in [4.69, 9.17) is 21.1 Å². The van der Waals surface area contributed by atoms with E-state index in [-0.39, 0.29) is 24.0 Å². The Morgan fingerprint density at radius 1 is 1.25 bits per heavy atom. The van der Waals surface area contributed by atoms with E-state index in [1.54, 1.807) is 19.2 Å². The quantitative estimate of drug-likeness (QED) is 0.681. The number of ether oxygens (including phenoxy) is 2. The Hall–Kier alpha value is -2.83. The van der Waals surface area contributed by atoms with Crippen LogP contribution in [-0.4, -0.2) is 42.1 Å². The summed E-state index contributed by atoms with van der Waals surface area (Å²) in [5, 5.41) is 3.63. The third-order valence-electron chi connectivity index (χ3n) is 6.88. The number of halogens is 1. The number of methoxy groups -OCH3 is 1. The minimum absolute atomic E-state index is 0.0354. The number of carbonyl (C=O) groups excluding carboxylic acids is 2. The van der Waals surface area contributed by atoms with Crippen LogP contribution in [0.25, 0.3) is 0 Å². The molecule has 2 fully saturated rings. The molecule has 0 aliphatic carbocycles. The highest BCUT2D eigenvalue weighted by molar-refractivity contribution is 6.30. The normalized spacial score (nSPS) is 28.7. The van der Waals surface area contributed by atoms with E-state index in [1.165, 1.54) is 0 Å². The minimum atomic E-state index is -0.731. The summed E-state index contributed by atoms with van der Waals surface area (Å²) in [6, 6.07) is 14.9. The van der Waals surface area contributed by atoms with E-state index in [2.05, 4.69) is 5.32 Å². The van der Waals surface area contributed by atoms with Gasteiger partial charge in [-0.1, -0.05) is 48.0 Å². The highest BCUT2D eigenvalue weighted by Crippen LogP contribution is 2.53. The highest BCUT2D eigenvalue weighted by atomic mass is 35.5. The van der Waals surface area contributed by atoms with Crippen molar-refractivity contribution in [1.29, 1.82) is 0 Å². The minimum Gasteiger partial charge on any atom is -0.497 e. The molecule has 2 aromatic carbocycles. The molecule has 166 valence electrons. The predicted molar refractivity (Wildman–Crippen MR) is 120 cm³/mol. The SMILES string of the molecule is COc1ccc(C(C)N2C[C@@]34C=CC(O3)C(C(=O)NCc3ccc(Cl)cc3)C4C2=O)cc1. The fourth-order valence-electron chi connectivity index (χ4n) is 5.13. The van der Waals surface area contributed by atoms with Crippen LogP contribution in [0.15, 0.2) is 60.7 Å². The van der Waals surface area contributed by atoms with Crippen LogP contribution in [0.1, 0.15) is 24.1 Å². The lowest BCUT2D eigenvalue weighted by Gasteiger charge is -2.28. The zero-order valence-electron chi connectivity index (χ0n) is 18.0. The van der Waals surface area contributed by atoms with Gasteiger partial charge in [-0.15, -0.1) is 0 Å². The van der Waals surface area contributed by atoms with Crippen molar-refractivity contribution in [3.63, 3.8) is 0 Å². The maximum atomic E-state index is 13.5. The Morgan fingerprint density at radius 3 is 2.66 bits per heavy atom. The highest BCUT2D eigenvalue weighted by Gasteiger charge is 2.67. The molecule has 3 aliphatic heterocycles. The van der Waals surface area contributed by atoms with Crippen LogP contribution in [-0.2, 0) is 20.9 Å². The molecule has 2 bridgehead atoms. The standard InChI is InChI=1S/C25H25ClN2O4/c1-15(17-5-9-19(31-2)10-6-17)28-14-25-12-11-20(32-25)21(22(25)24(28)30)23(29)27-13-16-3-7-18(26)8-4-16/h3-12,15,20-22H,13-14H2,1-2H3,(H,27,29)/t15?,20?,21?,22?,25-/m1/s1. The number of hydrogen-bond donors (Lipinski definition) is 1. The van der Waals surface area contributed by atoms with Crippen LogP contribution >= 0.6 is 11.6 Å². The summed E-state index contributed by atoms with van der Waals surface area (Å²) in [6.07, 6.45) is 3.54. The monoisotopic (exact) mass is 452 g/mol. The first-order chi connectivity index (χ1) is 15.4. The van der Waals surface area contributed by atoms with Crippen molar-refractivity contribution >= 4 is 23.4 Å². The summed E-state index contributed by atoms with van der Waals surface area (Å²) >= 11 is 5.94. The van der Waals surface area contributed by atoms with Gasteiger partial charge >= 0.3 is 0 Å². The van der Waals surface area contributed by atoms with E-state index in [9.17, 15) is 9.59 Å². The van der Waals surface area contributed by atoms with Gasteiger partial charge in [-0.05, 0) is 42.3 Å². The van der Waals surface area contributed by atoms with E-state index in [0.29, 0.717) is 18.1 Å². The van der Waals surface area contributed by atoms with E-state index in [1.807, 2.05) is 60.4 Å². The van der Waals surface area contributed by atoms with Crippen LogP contribution in [0.5, 0.6) is 5.75 Å².